The highest BCUT2D eigenvalue weighted by atomic mass is 16.5. The zero-order valence-electron chi connectivity index (χ0n) is 12.7. The lowest BCUT2D eigenvalue weighted by atomic mass is 10.1. The molecule has 2 aromatic carbocycles. The lowest BCUT2D eigenvalue weighted by Crippen LogP contribution is -2.16. The molecule has 0 saturated heterocycles. The number of ether oxygens (including phenoxy) is 1. The standard InChI is InChI=1S/C18H20N2O2/c1-20-11-9-14-7-8-15(13-17(14)20)19-18(21)10-12-22-16-5-3-2-4-6-16/h2-8,13H,9-12H2,1H3,(H,19,21). The van der Waals surface area contributed by atoms with E-state index in [9.17, 15) is 4.79 Å². The molecule has 4 nitrogen and oxygen atoms in total. The van der Waals surface area contributed by atoms with Gasteiger partial charge in [0, 0.05) is 25.0 Å². The molecular formula is C18H20N2O2. The van der Waals surface area contributed by atoms with Gasteiger partial charge in [0.2, 0.25) is 5.91 Å². The predicted molar refractivity (Wildman–Crippen MR) is 88.6 cm³/mol. The van der Waals surface area contributed by atoms with Gasteiger partial charge in [0.05, 0.1) is 13.0 Å². The van der Waals surface area contributed by atoms with Crippen molar-refractivity contribution >= 4 is 17.3 Å². The van der Waals surface area contributed by atoms with Gasteiger partial charge in [-0.3, -0.25) is 4.79 Å². The molecule has 0 aromatic heterocycles. The van der Waals surface area contributed by atoms with Crippen LogP contribution in [0.1, 0.15) is 12.0 Å². The van der Waals surface area contributed by atoms with Gasteiger partial charge >= 0.3 is 0 Å². The summed E-state index contributed by atoms with van der Waals surface area (Å²) in [5.41, 5.74) is 3.39. The molecule has 1 amide bonds. The first kappa shape index (κ1) is 14.4. The van der Waals surface area contributed by atoms with E-state index < -0.39 is 0 Å². The molecular weight excluding hydrogens is 276 g/mol. The molecule has 0 spiro atoms. The summed E-state index contributed by atoms with van der Waals surface area (Å²) in [6, 6.07) is 15.6. The Morgan fingerprint density at radius 2 is 2.05 bits per heavy atom. The van der Waals surface area contributed by atoms with Gasteiger partial charge in [0.25, 0.3) is 0 Å². The number of carbonyl (C=O) groups is 1. The Labute approximate surface area is 130 Å². The van der Waals surface area contributed by atoms with Crippen molar-refractivity contribution < 1.29 is 9.53 Å². The molecule has 22 heavy (non-hydrogen) atoms. The summed E-state index contributed by atoms with van der Waals surface area (Å²) in [5.74, 6) is 0.756. The van der Waals surface area contributed by atoms with E-state index in [0.29, 0.717) is 13.0 Å². The highest BCUT2D eigenvalue weighted by Crippen LogP contribution is 2.29. The molecule has 0 bridgehead atoms. The fraction of sp³-hybridized carbons (Fsp3) is 0.278. The van der Waals surface area contributed by atoms with Crippen LogP contribution >= 0.6 is 0 Å². The Bertz CT molecular complexity index is 655. The summed E-state index contributed by atoms with van der Waals surface area (Å²) < 4.78 is 5.54. The number of para-hydroxylation sites is 1. The molecule has 0 unspecified atom stereocenters. The number of anilines is 2. The summed E-state index contributed by atoms with van der Waals surface area (Å²) in [6.45, 7) is 1.42. The van der Waals surface area contributed by atoms with E-state index in [4.69, 9.17) is 4.74 Å². The largest absolute Gasteiger partial charge is 0.493 e. The van der Waals surface area contributed by atoms with Gasteiger partial charge < -0.3 is 15.0 Å². The van der Waals surface area contributed by atoms with Crippen LogP contribution in [0.2, 0.25) is 0 Å². The number of nitrogens with one attached hydrogen (secondary N) is 1. The Morgan fingerprint density at radius 3 is 2.86 bits per heavy atom. The first-order valence-corrected chi connectivity index (χ1v) is 7.54. The lowest BCUT2D eigenvalue weighted by molar-refractivity contribution is -0.116. The number of hydrogen-bond donors (Lipinski definition) is 1. The molecule has 0 radical (unpaired) electrons. The van der Waals surface area contributed by atoms with E-state index >= 15 is 0 Å². The van der Waals surface area contributed by atoms with Crippen molar-refractivity contribution in [3.8, 4) is 5.75 Å². The van der Waals surface area contributed by atoms with Crippen molar-refractivity contribution in [2.75, 3.05) is 30.4 Å². The summed E-state index contributed by atoms with van der Waals surface area (Å²) in [5, 5.41) is 2.93. The minimum atomic E-state index is -0.0310. The quantitative estimate of drug-likeness (QED) is 0.922. The third-order valence-electron chi connectivity index (χ3n) is 3.84. The van der Waals surface area contributed by atoms with E-state index in [1.54, 1.807) is 0 Å². The second-order valence-corrected chi connectivity index (χ2v) is 5.47. The zero-order valence-corrected chi connectivity index (χ0v) is 12.7. The van der Waals surface area contributed by atoms with E-state index in [1.807, 2.05) is 42.5 Å². The maximum Gasteiger partial charge on any atom is 0.227 e. The Balaban J connectivity index is 1.51. The molecule has 3 rings (SSSR count). The average molecular weight is 296 g/mol. The third kappa shape index (κ3) is 3.39. The Morgan fingerprint density at radius 1 is 1.23 bits per heavy atom. The van der Waals surface area contributed by atoms with E-state index in [0.717, 1.165) is 24.4 Å². The van der Waals surface area contributed by atoms with Crippen molar-refractivity contribution in [2.45, 2.75) is 12.8 Å². The maximum absolute atomic E-state index is 12.0. The average Bonchev–Trinajstić information content (AvgIpc) is 2.89. The molecule has 2 aromatic rings. The van der Waals surface area contributed by atoms with Gasteiger partial charge in [-0.1, -0.05) is 24.3 Å². The number of benzene rings is 2. The van der Waals surface area contributed by atoms with Crippen molar-refractivity contribution in [1.82, 2.24) is 0 Å². The van der Waals surface area contributed by atoms with Crippen LogP contribution in [-0.2, 0) is 11.2 Å². The number of carbonyl (C=O) groups excluding carboxylic acids is 1. The van der Waals surface area contributed by atoms with Crippen LogP contribution < -0.4 is 15.0 Å². The number of nitrogens with zero attached hydrogens (tertiary/aromatic N) is 1. The molecule has 4 heteroatoms. The summed E-state index contributed by atoms with van der Waals surface area (Å²) >= 11 is 0. The summed E-state index contributed by atoms with van der Waals surface area (Å²) in [7, 11) is 2.07. The minimum Gasteiger partial charge on any atom is -0.493 e. The zero-order chi connectivity index (χ0) is 15.4. The van der Waals surface area contributed by atoms with Crippen LogP contribution in [0, 0.1) is 0 Å². The first-order chi connectivity index (χ1) is 10.7. The SMILES string of the molecule is CN1CCc2ccc(NC(=O)CCOc3ccccc3)cc21. The van der Waals surface area contributed by atoms with Crippen molar-refractivity contribution in [3.05, 3.63) is 54.1 Å². The molecule has 1 N–H and O–H groups in total. The topological polar surface area (TPSA) is 41.6 Å². The first-order valence-electron chi connectivity index (χ1n) is 7.54. The highest BCUT2D eigenvalue weighted by molar-refractivity contribution is 5.91. The number of rotatable bonds is 5. The monoisotopic (exact) mass is 296 g/mol. The molecule has 114 valence electrons. The van der Waals surface area contributed by atoms with Crippen molar-refractivity contribution in [1.29, 1.82) is 0 Å². The Hall–Kier alpha value is -2.49. The smallest absolute Gasteiger partial charge is 0.227 e. The van der Waals surface area contributed by atoms with Gasteiger partial charge in [0.15, 0.2) is 0 Å². The second kappa shape index (κ2) is 6.52. The van der Waals surface area contributed by atoms with Crippen LogP contribution in [0.4, 0.5) is 11.4 Å². The highest BCUT2D eigenvalue weighted by Gasteiger charge is 2.16. The number of likely N-dealkylation sites (N-methyl/N-ethyl adjacent to an activating group) is 1. The summed E-state index contributed by atoms with van der Waals surface area (Å²) in [6.07, 6.45) is 1.41. The predicted octanol–water partition coefficient (Wildman–Crippen LogP) is 3.09. The van der Waals surface area contributed by atoms with Crippen LogP contribution in [-0.4, -0.2) is 26.1 Å². The molecule has 0 saturated carbocycles. The number of hydrogen-bond acceptors (Lipinski definition) is 3. The third-order valence-corrected chi connectivity index (χ3v) is 3.84. The maximum atomic E-state index is 12.0. The lowest BCUT2D eigenvalue weighted by Gasteiger charge is -2.13. The molecule has 1 aliphatic heterocycles. The van der Waals surface area contributed by atoms with Crippen LogP contribution in [0.5, 0.6) is 5.75 Å². The number of fused-ring (bicyclic) bond motifs is 1. The van der Waals surface area contributed by atoms with Gasteiger partial charge in [0.1, 0.15) is 5.75 Å². The molecule has 1 aliphatic rings. The Kier molecular flexibility index (Phi) is 4.28. The normalized spacial score (nSPS) is 12.9. The fourth-order valence-corrected chi connectivity index (χ4v) is 2.62. The van der Waals surface area contributed by atoms with Crippen LogP contribution in [0.15, 0.2) is 48.5 Å². The minimum absolute atomic E-state index is 0.0310. The molecule has 0 aliphatic carbocycles. The van der Waals surface area contributed by atoms with Crippen molar-refractivity contribution in [3.63, 3.8) is 0 Å². The van der Waals surface area contributed by atoms with Gasteiger partial charge in [-0.15, -0.1) is 0 Å². The van der Waals surface area contributed by atoms with Crippen molar-refractivity contribution in [2.24, 2.45) is 0 Å². The van der Waals surface area contributed by atoms with E-state index in [1.165, 1.54) is 11.3 Å². The fourth-order valence-electron chi connectivity index (χ4n) is 2.62. The van der Waals surface area contributed by atoms with Gasteiger partial charge in [-0.25, -0.2) is 0 Å². The van der Waals surface area contributed by atoms with Crippen LogP contribution in [0.3, 0.4) is 0 Å². The molecule has 0 atom stereocenters. The van der Waals surface area contributed by atoms with E-state index in [2.05, 4.69) is 23.3 Å². The van der Waals surface area contributed by atoms with Gasteiger partial charge in [-0.05, 0) is 36.2 Å². The second-order valence-electron chi connectivity index (χ2n) is 5.47. The summed E-state index contributed by atoms with van der Waals surface area (Å²) in [4.78, 5) is 14.2. The number of amides is 1. The van der Waals surface area contributed by atoms with Crippen LogP contribution in [0.25, 0.3) is 0 Å². The van der Waals surface area contributed by atoms with E-state index in [-0.39, 0.29) is 5.91 Å². The molecule has 1 heterocycles. The van der Waals surface area contributed by atoms with Gasteiger partial charge in [-0.2, -0.15) is 0 Å². The molecule has 0 fully saturated rings.